The van der Waals surface area contributed by atoms with E-state index in [2.05, 4.69) is 11.4 Å². The Morgan fingerprint density at radius 2 is 1.58 bits per heavy atom. The van der Waals surface area contributed by atoms with Crippen molar-refractivity contribution in [3.8, 4) is 22.8 Å². The lowest BCUT2D eigenvalue weighted by atomic mass is 9.99. The Hall–Kier alpha value is -3.86. The van der Waals surface area contributed by atoms with Crippen molar-refractivity contribution in [3.63, 3.8) is 0 Å². The average molecular weight is 513 g/mol. The van der Waals surface area contributed by atoms with Crippen LogP contribution >= 0.6 is 23.2 Å². The fourth-order valence-corrected chi connectivity index (χ4v) is 4.40. The van der Waals surface area contributed by atoms with Crippen LogP contribution in [0, 0.1) is 13.8 Å². The van der Waals surface area contributed by atoms with Crippen molar-refractivity contribution in [2.24, 2.45) is 0 Å². The summed E-state index contributed by atoms with van der Waals surface area (Å²) in [7, 11) is 0. The molecule has 4 aromatic carbocycles. The molecule has 0 unspecified atom stereocenters. The molecule has 0 atom stereocenters. The number of rotatable bonds is 5. The van der Waals surface area contributed by atoms with E-state index in [1.165, 1.54) is 0 Å². The summed E-state index contributed by atoms with van der Waals surface area (Å²) in [4.78, 5) is 18.4. The zero-order valence-corrected chi connectivity index (χ0v) is 21.2. The molecule has 0 saturated heterocycles. The molecular weight excluding hydrogens is 491 g/mol. The van der Waals surface area contributed by atoms with Crippen LogP contribution in [0.5, 0.6) is 11.5 Å². The smallest absolute Gasteiger partial charge is 0.256 e. The van der Waals surface area contributed by atoms with E-state index in [0.29, 0.717) is 38.5 Å². The largest absolute Gasteiger partial charge is 0.456 e. The third-order valence-electron chi connectivity index (χ3n) is 5.81. The van der Waals surface area contributed by atoms with Crippen LogP contribution in [0.25, 0.3) is 22.2 Å². The minimum Gasteiger partial charge on any atom is -0.456 e. The molecule has 4 nitrogen and oxygen atoms in total. The molecule has 5 aromatic rings. The van der Waals surface area contributed by atoms with E-state index < -0.39 is 0 Å². The van der Waals surface area contributed by atoms with Gasteiger partial charge in [0, 0.05) is 21.7 Å². The standard InChI is InChI=1S/C30H22Cl2N2O2/c1-18-15-19(2)29-24(16-18)25(17-27(34-29)20-7-9-21(31)10-8-20)30(35)33-22-11-13-23(14-12-22)36-28-6-4-3-5-26(28)32/h3-17H,1-2H3,(H,33,35). The van der Waals surface area contributed by atoms with Crippen LogP contribution in [0.3, 0.4) is 0 Å². The number of amides is 1. The molecule has 0 aliphatic carbocycles. The molecule has 178 valence electrons. The van der Waals surface area contributed by atoms with Gasteiger partial charge in [0.25, 0.3) is 5.91 Å². The van der Waals surface area contributed by atoms with Crippen LogP contribution in [0.1, 0.15) is 21.5 Å². The Kier molecular flexibility index (Phi) is 6.64. The lowest BCUT2D eigenvalue weighted by Crippen LogP contribution is -2.13. The normalized spacial score (nSPS) is 10.9. The number of fused-ring (bicyclic) bond motifs is 1. The summed E-state index contributed by atoms with van der Waals surface area (Å²) in [5.74, 6) is 0.966. The number of anilines is 1. The third-order valence-corrected chi connectivity index (χ3v) is 6.37. The predicted octanol–water partition coefficient (Wildman–Crippen LogP) is 8.87. The summed E-state index contributed by atoms with van der Waals surface area (Å²) in [5, 5.41) is 4.99. The Bertz CT molecular complexity index is 1580. The fraction of sp³-hybridized carbons (Fsp3) is 0.0667. The van der Waals surface area contributed by atoms with Gasteiger partial charge in [0.05, 0.1) is 21.8 Å². The minimum atomic E-state index is -0.220. The van der Waals surface area contributed by atoms with Gasteiger partial charge in [0.2, 0.25) is 0 Å². The van der Waals surface area contributed by atoms with Gasteiger partial charge in [-0.2, -0.15) is 0 Å². The quantitative estimate of drug-likeness (QED) is 0.255. The number of pyridine rings is 1. The highest BCUT2D eigenvalue weighted by atomic mass is 35.5. The third kappa shape index (κ3) is 5.06. The van der Waals surface area contributed by atoms with Crippen LogP contribution < -0.4 is 10.1 Å². The number of aromatic nitrogens is 1. The number of carbonyl (C=O) groups is 1. The van der Waals surface area contributed by atoms with Crippen LogP contribution in [-0.4, -0.2) is 10.9 Å². The SMILES string of the molecule is Cc1cc(C)c2nc(-c3ccc(Cl)cc3)cc(C(=O)Nc3ccc(Oc4ccccc4Cl)cc3)c2c1. The molecule has 0 saturated carbocycles. The van der Waals surface area contributed by atoms with Crippen LogP contribution in [0.15, 0.2) is 91.0 Å². The van der Waals surface area contributed by atoms with Crippen LogP contribution in [-0.2, 0) is 0 Å². The molecule has 0 fully saturated rings. The van der Waals surface area contributed by atoms with Gasteiger partial charge in [-0.3, -0.25) is 4.79 Å². The van der Waals surface area contributed by atoms with Gasteiger partial charge in [-0.15, -0.1) is 0 Å². The van der Waals surface area contributed by atoms with Crippen LogP contribution in [0.4, 0.5) is 5.69 Å². The summed E-state index contributed by atoms with van der Waals surface area (Å²) in [6.45, 7) is 4.02. The molecular formula is C30H22Cl2N2O2. The molecule has 6 heteroatoms. The van der Waals surface area contributed by atoms with Gasteiger partial charge in [0.1, 0.15) is 11.5 Å². The number of para-hydroxylation sites is 1. The zero-order chi connectivity index (χ0) is 25.2. The fourth-order valence-electron chi connectivity index (χ4n) is 4.10. The molecule has 1 aromatic heterocycles. The lowest BCUT2D eigenvalue weighted by Gasteiger charge is -2.13. The molecule has 1 N–H and O–H groups in total. The van der Waals surface area contributed by atoms with E-state index in [-0.39, 0.29) is 5.91 Å². The Balaban J connectivity index is 1.47. The first-order valence-electron chi connectivity index (χ1n) is 11.4. The Labute approximate surface area is 219 Å². The molecule has 5 rings (SSSR count). The number of hydrogen-bond donors (Lipinski definition) is 1. The van der Waals surface area contributed by atoms with Gasteiger partial charge < -0.3 is 10.1 Å². The van der Waals surface area contributed by atoms with Crippen molar-refractivity contribution in [2.45, 2.75) is 13.8 Å². The highest BCUT2D eigenvalue weighted by molar-refractivity contribution is 6.32. The molecule has 0 radical (unpaired) electrons. The summed E-state index contributed by atoms with van der Waals surface area (Å²) in [6, 6.07) is 27.8. The highest BCUT2D eigenvalue weighted by Crippen LogP contribution is 2.31. The second-order valence-electron chi connectivity index (χ2n) is 8.55. The van der Waals surface area contributed by atoms with Gasteiger partial charge in [-0.25, -0.2) is 4.98 Å². The van der Waals surface area contributed by atoms with Crippen LogP contribution in [0.2, 0.25) is 10.0 Å². The van der Waals surface area contributed by atoms with E-state index in [1.807, 2.05) is 62.4 Å². The number of halogens is 2. The molecule has 0 bridgehead atoms. The Morgan fingerprint density at radius 1 is 0.861 bits per heavy atom. The number of nitrogens with zero attached hydrogens (tertiary/aromatic N) is 1. The topological polar surface area (TPSA) is 51.2 Å². The van der Waals surface area contributed by atoms with Crippen molar-refractivity contribution < 1.29 is 9.53 Å². The van der Waals surface area contributed by atoms with Gasteiger partial charge in [0.15, 0.2) is 0 Å². The minimum absolute atomic E-state index is 0.220. The summed E-state index contributed by atoms with van der Waals surface area (Å²) < 4.78 is 5.85. The second kappa shape index (κ2) is 10.0. The van der Waals surface area contributed by atoms with E-state index >= 15 is 0 Å². The maximum atomic E-state index is 13.5. The van der Waals surface area contributed by atoms with Crippen molar-refractivity contribution in [3.05, 3.63) is 118 Å². The molecule has 1 amide bonds. The number of carbonyl (C=O) groups excluding carboxylic acids is 1. The molecule has 0 aliphatic heterocycles. The molecule has 1 heterocycles. The number of ether oxygens (including phenoxy) is 1. The molecule has 36 heavy (non-hydrogen) atoms. The highest BCUT2D eigenvalue weighted by Gasteiger charge is 2.16. The summed E-state index contributed by atoms with van der Waals surface area (Å²) in [6.07, 6.45) is 0. The molecule has 0 aliphatic rings. The van der Waals surface area contributed by atoms with Crippen molar-refractivity contribution in [1.82, 2.24) is 4.98 Å². The number of hydrogen-bond acceptors (Lipinski definition) is 3. The van der Waals surface area contributed by atoms with Crippen molar-refractivity contribution in [1.29, 1.82) is 0 Å². The number of nitrogens with one attached hydrogen (secondary N) is 1. The first-order chi connectivity index (χ1) is 17.4. The maximum absolute atomic E-state index is 13.5. The summed E-state index contributed by atoms with van der Waals surface area (Å²) >= 11 is 12.3. The first kappa shape index (κ1) is 23.9. The van der Waals surface area contributed by atoms with Gasteiger partial charge in [-0.1, -0.05) is 59.1 Å². The van der Waals surface area contributed by atoms with E-state index in [4.69, 9.17) is 32.9 Å². The van der Waals surface area contributed by atoms with E-state index in [0.717, 1.165) is 27.6 Å². The molecule has 0 spiro atoms. The lowest BCUT2D eigenvalue weighted by molar-refractivity contribution is 0.102. The number of aryl methyl sites for hydroxylation is 2. The average Bonchev–Trinajstić information content (AvgIpc) is 2.86. The second-order valence-corrected chi connectivity index (χ2v) is 9.39. The summed E-state index contributed by atoms with van der Waals surface area (Å²) in [5.41, 5.74) is 5.66. The van der Waals surface area contributed by atoms with Crippen molar-refractivity contribution in [2.75, 3.05) is 5.32 Å². The van der Waals surface area contributed by atoms with Gasteiger partial charge in [-0.05, 0) is 80.1 Å². The van der Waals surface area contributed by atoms with E-state index in [1.54, 1.807) is 36.4 Å². The first-order valence-corrected chi connectivity index (χ1v) is 12.1. The van der Waals surface area contributed by atoms with Gasteiger partial charge >= 0.3 is 0 Å². The maximum Gasteiger partial charge on any atom is 0.256 e. The monoisotopic (exact) mass is 512 g/mol. The Morgan fingerprint density at radius 3 is 2.31 bits per heavy atom. The zero-order valence-electron chi connectivity index (χ0n) is 19.7. The van der Waals surface area contributed by atoms with Crippen molar-refractivity contribution >= 4 is 45.7 Å². The number of benzene rings is 4. The van der Waals surface area contributed by atoms with E-state index in [9.17, 15) is 4.79 Å². The predicted molar refractivity (Wildman–Crippen MR) is 148 cm³/mol.